The molecule has 0 amide bonds. The van der Waals surface area contributed by atoms with Crippen molar-refractivity contribution in [1.29, 1.82) is 5.26 Å². The first-order chi connectivity index (χ1) is 3.62. The standard InChI is InChI=1S/C4H6ClNOSi/c1-4(2,3-6)7-8-5/h1-2H3. The molecule has 2 radical (unpaired) electrons. The largest absolute Gasteiger partial charge is 0.384 e. The molecule has 0 N–H and O–H groups in total. The maximum absolute atomic E-state index is 8.30. The van der Waals surface area contributed by atoms with Crippen molar-refractivity contribution >= 4 is 20.2 Å². The zero-order valence-electron chi connectivity index (χ0n) is 4.73. The second kappa shape index (κ2) is 3.08. The molecule has 0 spiro atoms. The number of nitrogens with zero attached hydrogens (tertiary/aromatic N) is 1. The highest BCUT2D eigenvalue weighted by atomic mass is 35.6. The van der Waals surface area contributed by atoms with Crippen molar-refractivity contribution in [2.24, 2.45) is 0 Å². The van der Waals surface area contributed by atoms with Crippen molar-refractivity contribution in [3.63, 3.8) is 0 Å². The highest BCUT2D eigenvalue weighted by molar-refractivity contribution is 6.90. The van der Waals surface area contributed by atoms with E-state index in [0.717, 1.165) is 0 Å². The lowest BCUT2D eigenvalue weighted by Crippen LogP contribution is -2.21. The molecule has 0 aliphatic carbocycles. The summed E-state index contributed by atoms with van der Waals surface area (Å²) in [6.07, 6.45) is 0. The number of nitriles is 1. The van der Waals surface area contributed by atoms with Gasteiger partial charge in [-0.25, -0.2) is 0 Å². The molecular formula is C4H6ClNOSi. The van der Waals surface area contributed by atoms with Crippen molar-refractivity contribution in [3.05, 3.63) is 0 Å². The van der Waals surface area contributed by atoms with Crippen molar-refractivity contribution < 1.29 is 4.43 Å². The van der Waals surface area contributed by atoms with Gasteiger partial charge in [-0.3, -0.25) is 0 Å². The van der Waals surface area contributed by atoms with Crippen LogP contribution < -0.4 is 0 Å². The molecule has 0 aromatic rings. The number of halogens is 1. The van der Waals surface area contributed by atoms with Crippen LogP contribution >= 0.6 is 11.1 Å². The Kier molecular flexibility index (Phi) is 3.06. The fourth-order valence-electron chi connectivity index (χ4n) is 0.119. The second-order valence-corrected chi connectivity index (χ2v) is 2.62. The summed E-state index contributed by atoms with van der Waals surface area (Å²) in [5.41, 5.74) is -0.722. The highest BCUT2D eigenvalue weighted by Gasteiger charge is 2.15. The Balaban J connectivity index is 3.59. The van der Waals surface area contributed by atoms with Crippen LogP contribution in [0.4, 0.5) is 0 Å². The van der Waals surface area contributed by atoms with Crippen LogP contribution in [0.3, 0.4) is 0 Å². The highest BCUT2D eigenvalue weighted by Crippen LogP contribution is 2.05. The lowest BCUT2D eigenvalue weighted by Gasteiger charge is -2.12. The summed E-state index contributed by atoms with van der Waals surface area (Å²) in [5, 5.41) is 8.30. The maximum atomic E-state index is 8.30. The van der Waals surface area contributed by atoms with Crippen LogP contribution in [0.5, 0.6) is 0 Å². The monoisotopic (exact) mass is 147 g/mol. The topological polar surface area (TPSA) is 33.0 Å². The Bertz CT molecular complexity index is 109. The van der Waals surface area contributed by atoms with E-state index in [2.05, 4.69) is 0 Å². The van der Waals surface area contributed by atoms with Crippen LogP contribution in [0.25, 0.3) is 0 Å². The van der Waals surface area contributed by atoms with Gasteiger partial charge in [-0.15, -0.1) is 11.1 Å². The van der Waals surface area contributed by atoms with Crippen molar-refractivity contribution in [3.8, 4) is 6.07 Å². The van der Waals surface area contributed by atoms with Crippen LogP contribution in [0, 0.1) is 11.3 Å². The zero-order valence-corrected chi connectivity index (χ0v) is 6.49. The average Bonchev–Trinajstić information content (AvgIpc) is 1.67. The summed E-state index contributed by atoms with van der Waals surface area (Å²) in [4.78, 5) is 0. The van der Waals surface area contributed by atoms with E-state index in [0.29, 0.717) is 0 Å². The van der Waals surface area contributed by atoms with Crippen molar-refractivity contribution in [1.82, 2.24) is 0 Å². The van der Waals surface area contributed by atoms with Gasteiger partial charge in [0.15, 0.2) is 0 Å². The minimum Gasteiger partial charge on any atom is -0.384 e. The van der Waals surface area contributed by atoms with Crippen LogP contribution in [-0.2, 0) is 4.43 Å². The molecule has 0 saturated heterocycles. The van der Waals surface area contributed by atoms with Crippen LogP contribution in [-0.4, -0.2) is 14.7 Å². The molecule has 0 aromatic heterocycles. The molecule has 0 unspecified atom stereocenters. The summed E-state index contributed by atoms with van der Waals surface area (Å²) in [6.45, 7) is 3.34. The molecule has 2 nitrogen and oxygen atoms in total. The molecule has 0 aliphatic heterocycles. The molecule has 0 aromatic carbocycles. The molecule has 0 rings (SSSR count). The molecule has 8 heavy (non-hydrogen) atoms. The third kappa shape index (κ3) is 3.02. The molecule has 0 atom stereocenters. The molecule has 0 saturated carbocycles. The van der Waals surface area contributed by atoms with Crippen LogP contribution in [0.1, 0.15) is 13.8 Å². The van der Waals surface area contributed by atoms with Gasteiger partial charge < -0.3 is 4.43 Å². The van der Waals surface area contributed by atoms with E-state index in [4.69, 9.17) is 20.8 Å². The molecule has 44 valence electrons. The van der Waals surface area contributed by atoms with E-state index in [1.807, 2.05) is 6.07 Å². The minimum atomic E-state index is -0.722. The third-order valence-electron chi connectivity index (χ3n) is 0.563. The summed E-state index contributed by atoms with van der Waals surface area (Å²) in [7, 11) is -0.134. The Morgan fingerprint density at radius 1 is 1.75 bits per heavy atom. The van der Waals surface area contributed by atoms with Crippen molar-refractivity contribution in [2.75, 3.05) is 0 Å². The van der Waals surface area contributed by atoms with Crippen LogP contribution in [0.2, 0.25) is 0 Å². The predicted molar refractivity (Wildman–Crippen MR) is 32.4 cm³/mol. The smallest absolute Gasteiger partial charge is 0.357 e. The lowest BCUT2D eigenvalue weighted by molar-refractivity contribution is 0.185. The van der Waals surface area contributed by atoms with Gasteiger partial charge in [0.1, 0.15) is 5.60 Å². The fraction of sp³-hybridized carbons (Fsp3) is 0.750. The molecular weight excluding hydrogens is 142 g/mol. The second-order valence-electron chi connectivity index (χ2n) is 1.80. The van der Waals surface area contributed by atoms with E-state index in [-0.39, 0.29) is 9.07 Å². The Morgan fingerprint density at radius 2 is 2.25 bits per heavy atom. The molecule has 0 heterocycles. The van der Waals surface area contributed by atoms with Gasteiger partial charge in [0.2, 0.25) is 0 Å². The predicted octanol–water partition coefficient (Wildman–Crippen LogP) is 1.08. The zero-order chi connectivity index (χ0) is 6.62. The Morgan fingerprint density at radius 3 is 2.38 bits per heavy atom. The summed E-state index contributed by atoms with van der Waals surface area (Å²) in [6, 6.07) is 1.94. The van der Waals surface area contributed by atoms with E-state index < -0.39 is 5.60 Å². The third-order valence-corrected chi connectivity index (χ3v) is 1.38. The first kappa shape index (κ1) is 7.96. The summed E-state index contributed by atoms with van der Waals surface area (Å²) in [5.74, 6) is 0. The summed E-state index contributed by atoms with van der Waals surface area (Å²) < 4.78 is 4.81. The Labute approximate surface area is 56.0 Å². The first-order valence-electron chi connectivity index (χ1n) is 2.07. The summed E-state index contributed by atoms with van der Waals surface area (Å²) >= 11 is 5.22. The SMILES string of the molecule is CC(C)(C#N)O[Si]Cl. The van der Waals surface area contributed by atoms with Crippen molar-refractivity contribution in [2.45, 2.75) is 19.4 Å². The van der Waals surface area contributed by atoms with Gasteiger partial charge in [-0.1, -0.05) is 0 Å². The normalized spacial score (nSPS) is 10.8. The molecule has 0 fully saturated rings. The molecule has 0 bridgehead atoms. The van der Waals surface area contributed by atoms with Gasteiger partial charge in [-0.05, 0) is 13.8 Å². The van der Waals surface area contributed by atoms with E-state index in [1.165, 1.54) is 0 Å². The maximum Gasteiger partial charge on any atom is 0.357 e. The first-order valence-corrected chi connectivity index (χ1v) is 3.99. The van der Waals surface area contributed by atoms with E-state index in [1.54, 1.807) is 13.8 Å². The lowest BCUT2D eigenvalue weighted by atomic mass is 10.2. The quantitative estimate of drug-likeness (QED) is 0.433. The van der Waals surface area contributed by atoms with Gasteiger partial charge in [0.25, 0.3) is 0 Å². The van der Waals surface area contributed by atoms with Gasteiger partial charge in [0, 0.05) is 0 Å². The van der Waals surface area contributed by atoms with Gasteiger partial charge in [-0.2, -0.15) is 5.26 Å². The minimum absolute atomic E-state index is 0.134. The van der Waals surface area contributed by atoms with E-state index in [9.17, 15) is 0 Å². The average molecular weight is 148 g/mol. The number of hydrogen-bond donors (Lipinski definition) is 0. The molecule has 0 aliphatic rings. The Hall–Kier alpha value is -0.0431. The fourth-order valence-corrected chi connectivity index (χ4v) is 0.936. The van der Waals surface area contributed by atoms with Gasteiger partial charge >= 0.3 is 9.07 Å². The van der Waals surface area contributed by atoms with E-state index >= 15 is 0 Å². The van der Waals surface area contributed by atoms with Crippen LogP contribution in [0.15, 0.2) is 0 Å². The number of rotatable bonds is 2. The molecule has 4 heteroatoms. The van der Waals surface area contributed by atoms with Gasteiger partial charge in [0.05, 0.1) is 6.07 Å². The number of hydrogen-bond acceptors (Lipinski definition) is 2.